The maximum Gasteiger partial charge on any atom is 0.335 e. The van der Waals surface area contributed by atoms with Gasteiger partial charge in [0.1, 0.15) is 131 Å². The van der Waals surface area contributed by atoms with Gasteiger partial charge < -0.3 is 147 Å². The van der Waals surface area contributed by atoms with E-state index in [0.29, 0.717) is 30.9 Å². The van der Waals surface area contributed by atoms with Crippen LogP contribution in [0.4, 0.5) is 0 Å². The molecule has 15 rings (SSSR count). The second kappa shape index (κ2) is 41.9. The Morgan fingerprint density at radius 3 is 1.90 bits per heavy atom. The van der Waals surface area contributed by atoms with Crippen LogP contribution in [0.15, 0.2) is 115 Å². The fourth-order valence-electron chi connectivity index (χ4n) is 15.9. The average Bonchev–Trinajstić information content (AvgIpc) is 0.752. The first kappa shape index (κ1) is 96.5. The summed E-state index contributed by atoms with van der Waals surface area (Å²) in [7, 11) is 4.95. The number of carbonyl (C=O) groups excluding carboxylic acids is 8. The third-order valence-corrected chi connectivity index (χ3v) is 23.4. The Hall–Kier alpha value is -11.6. The van der Waals surface area contributed by atoms with Crippen molar-refractivity contribution in [3.8, 4) is 80.1 Å². The lowest BCUT2D eigenvalue weighted by Gasteiger charge is -2.41. The summed E-state index contributed by atoms with van der Waals surface area (Å²) in [5.74, 6) is -17.5. The van der Waals surface area contributed by atoms with Crippen molar-refractivity contribution in [2.75, 3.05) is 40.8 Å². The van der Waals surface area contributed by atoms with Gasteiger partial charge in [-0.05, 0) is 153 Å². The van der Waals surface area contributed by atoms with Crippen molar-refractivity contribution in [2.24, 2.45) is 5.92 Å². The Labute approximate surface area is 754 Å². The van der Waals surface area contributed by atoms with Crippen molar-refractivity contribution in [3.63, 3.8) is 0 Å². The van der Waals surface area contributed by atoms with E-state index in [9.17, 15) is 75.7 Å². The van der Waals surface area contributed by atoms with E-state index in [2.05, 4.69) is 61.7 Å². The second-order valence-corrected chi connectivity index (χ2v) is 33.5. The number of benzene rings is 7. The number of aromatic hydroxyl groups is 4. The van der Waals surface area contributed by atoms with E-state index < -0.39 is 271 Å². The SMILES string of the molecule is CN[C@@H]1C(=O)N[C@@H]2Cc3ccc(cc3)Oc3cc4cc(c3O[C@@H]3O[C@H](C(=O)O)[C@@H](O)[C@H](O)[C@H]3NC(=O)CCCCCCCCC(C)C)Oc3ccc(cc3Cl)[C@@H](O)[C@@H]3NC(=O)[C@H](NC(=O)[C@@H]4NC(=O)[C@@H](NC2=O)c2cc(cc(O)c2Cl)Oc2cc1ccc2O)c1ccc(O)c(c1)-c1c(O[C@H]2O[C@H](CO)[C@@H](O)[C@H](O)[C@@H]2O)cc(O)cc1[C@@H](C(=O)NCCCN(C)C)NC3=O.Cl. The number of phenolic OH excluding ortho intramolecular Hbond substituents is 4. The van der Waals surface area contributed by atoms with Crippen LogP contribution in [0.2, 0.25) is 10.0 Å². The van der Waals surface area contributed by atoms with Crippen molar-refractivity contribution in [2.45, 2.75) is 188 Å². The number of ether oxygens (including phenoxy) is 7. The number of nitrogens with zero attached hydrogens (tertiary/aromatic N) is 1. The molecule has 0 radical (unpaired) electrons. The number of nitrogens with one attached hydrogen (secondary N) is 9. The number of hydrogen-bond donors (Lipinski definition) is 21. The zero-order chi connectivity index (χ0) is 92.0. The first-order valence-corrected chi connectivity index (χ1v) is 42.3. The van der Waals surface area contributed by atoms with Crippen LogP contribution in [-0.2, 0) is 59.0 Å². The molecular weight excluding hydrogens is 1750 g/mol. The third-order valence-electron chi connectivity index (χ3n) is 22.7. The highest BCUT2D eigenvalue weighted by Gasteiger charge is 2.52. The van der Waals surface area contributed by atoms with Crippen LogP contribution >= 0.6 is 35.6 Å². The Morgan fingerprint density at radius 1 is 0.566 bits per heavy atom. The fourth-order valence-corrected chi connectivity index (χ4v) is 16.4. The molecule has 7 aromatic rings. The number of unbranched alkanes of at least 4 members (excludes halogenated alkanes) is 5. The lowest BCUT2D eigenvalue weighted by Crippen LogP contribution is -2.66. The number of carboxylic acid groups (broad SMARTS) is 1. The summed E-state index contributed by atoms with van der Waals surface area (Å²) in [6.45, 7) is 3.61. The molecule has 21 N–H and O–H groups in total. The van der Waals surface area contributed by atoms with Crippen LogP contribution in [0.5, 0.6) is 69.0 Å². The van der Waals surface area contributed by atoms with E-state index in [0.717, 1.165) is 105 Å². The van der Waals surface area contributed by atoms with Crippen molar-refractivity contribution in [1.29, 1.82) is 0 Å². The highest BCUT2D eigenvalue weighted by atomic mass is 35.5. The van der Waals surface area contributed by atoms with Crippen molar-refractivity contribution < 1.29 is 138 Å². The first-order chi connectivity index (χ1) is 61.1. The van der Waals surface area contributed by atoms with Crippen LogP contribution in [-0.4, -0.2) is 234 Å². The maximum atomic E-state index is 16.8. The van der Waals surface area contributed by atoms with Gasteiger partial charge in [0.25, 0.3) is 0 Å². The predicted octanol–water partition coefficient (Wildman–Crippen LogP) is 4.59. The second-order valence-electron chi connectivity index (χ2n) is 32.7. The molecule has 2 fully saturated rings. The van der Waals surface area contributed by atoms with E-state index in [4.69, 9.17) is 56.4 Å². The molecule has 8 aliphatic rings. The van der Waals surface area contributed by atoms with Gasteiger partial charge in [0.15, 0.2) is 29.1 Å². The molecule has 0 spiro atoms. The summed E-state index contributed by atoms with van der Waals surface area (Å²) in [4.78, 5) is 140. The molecule has 17 bridgehead atoms. The van der Waals surface area contributed by atoms with E-state index >= 15 is 28.8 Å². The molecule has 8 heterocycles. The zero-order valence-corrected chi connectivity index (χ0v) is 72.5. The minimum absolute atomic E-state index is 0. The monoisotopic (exact) mass is 1850 g/mol. The summed E-state index contributed by atoms with van der Waals surface area (Å²) in [6, 6.07) is 5.68. The standard InChI is InChI=1S/C88H100Cl2N10O28.ClH/c1-38(2)13-10-8-6-7-9-11-14-61(106)94-70-73(109)75(111)78(86(120)121)128-87(70)127-77-58-31-43-32-59(77)124-55-24-19-42(29-50(55)89)71(107)69-85(119)98-67(80(114)92-25-12-26-100(4)5)48-33-44(102)34-57(125-88-76(112)74(110)72(108)60(37-101)126-88)62(48)47-28-40(17-22-52(47)103)65(82(116)99-69)95-83(117)66(43)96-84(118)68-49-35-46(36-54(105)63(49)90)123-56-30-41(18-23-53(56)104)64(91-3)81(115)93-51(79(113)97-68)27-39-15-20-45(122-58)21-16-39;/h15-24,28-36,38,51,60,64-76,78,87-88,91,101-105,107-112H,6-14,25-27,37H2,1-5H3,(H,92,114)(H,93,115)(H,94,106)(H,95,117)(H,96,118)(H,97,113)(H,98,119)(H,99,116)(H,120,121);1H/t51-,60-,64+,65-,66-,67+,68+,69+,70-,71-,72-,73-,74+,75+,76+,78+,87-,88+;/m1./s1. The Bertz CT molecular complexity index is 5350. The number of hydrogen-bond acceptors (Lipinski definition) is 29. The summed E-state index contributed by atoms with van der Waals surface area (Å²) >= 11 is 14.3. The molecule has 8 aliphatic heterocycles. The smallest absolute Gasteiger partial charge is 0.335 e. The number of rotatable bonds is 22. The van der Waals surface area contributed by atoms with Gasteiger partial charge in [-0.2, -0.15) is 0 Å². The van der Waals surface area contributed by atoms with E-state index in [1.807, 2.05) is 0 Å². The summed E-state index contributed by atoms with van der Waals surface area (Å²) in [5, 5.41) is 161. The van der Waals surface area contributed by atoms with Crippen molar-refractivity contribution >= 4 is 88.8 Å². The molecule has 0 unspecified atom stereocenters. The van der Waals surface area contributed by atoms with Crippen molar-refractivity contribution in [1.82, 2.24) is 52.8 Å². The normalized spacial score (nSPS) is 25.6. The first-order valence-electron chi connectivity index (χ1n) is 41.5. The van der Waals surface area contributed by atoms with Gasteiger partial charge in [0, 0.05) is 48.2 Å². The number of phenols is 4. The van der Waals surface area contributed by atoms with Gasteiger partial charge in [-0.15, -0.1) is 12.4 Å². The largest absolute Gasteiger partial charge is 0.508 e. The minimum Gasteiger partial charge on any atom is -0.508 e. The quantitative estimate of drug-likeness (QED) is 0.0413. The molecule has 38 nitrogen and oxygen atoms in total. The fraction of sp³-hybridized carbons (Fsp3) is 0.420. The van der Waals surface area contributed by atoms with E-state index in [1.165, 1.54) is 49.5 Å². The Morgan fingerprint density at radius 2 is 1.21 bits per heavy atom. The van der Waals surface area contributed by atoms with Crippen molar-refractivity contribution in [3.05, 3.63) is 164 Å². The van der Waals surface area contributed by atoms with E-state index in [1.54, 1.807) is 19.0 Å². The van der Waals surface area contributed by atoms with Gasteiger partial charge in [0.05, 0.1) is 16.7 Å². The number of fused-ring (bicyclic) bond motifs is 14. The van der Waals surface area contributed by atoms with Gasteiger partial charge in [-0.3, -0.25) is 38.4 Å². The van der Waals surface area contributed by atoms with Gasteiger partial charge in [-0.25, -0.2) is 4.79 Å². The number of carboxylic acids is 1. The zero-order valence-electron chi connectivity index (χ0n) is 70.1. The average molecular weight is 1850 g/mol. The third kappa shape index (κ3) is 22.0. The topological polar surface area (TPSA) is 573 Å². The van der Waals surface area contributed by atoms with Crippen LogP contribution < -0.4 is 71.5 Å². The predicted molar refractivity (Wildman–Crippen MR) is 459 cm³/mol. The highest BCUT2D eigenvalue weighted by molar-refractivity contribution is 6.33. The molecule has 0 aliphatic carbocycles. The number of likely N-dealkylation sites (N-methyl/N-ethyl adjacent to an activating group) is 1. The molecule has 129 heavy (non-hydrogen) atoms. The molecule has 2 saturated heterocycles. The van der Waals surface area contributed by atoms with Crippen LogP contribution in [0.1, 0.15) is 147 Å². The Kier molecular flexibility index (Phi) is 31.3. The van der Waals surface area contributed by atoms with Crippen LogP contribution in [0.25, 0.3) is 11.1 Å². The number of aliphatic carboxylic acids is 1. The van der Waals surface area contributed by atoms with Crippen LogP contribution in [0.3, 0.4) is 0 Å². The molecule has 0 saturated carbocycles. The molecule has 0 aromatic heterocycles. The number of amides is 8. The maximum absolute atomic E-state index is 16.8. The van der Waals surface area contributed by atoms with Gasteiger partial charge in [0.2, 0.25) is 65.6 Å². The molecule has 7 aromatic carbocycles. The number of aliphatic hydroxyl groups excluding tert-OH is 7. The lowest BCUT2D eigenvalue weighted by atomic mass is 9.89. The Balaban J connectivity index is 0.0000151. The molecule has 692 valence electrons. The molecule has 8 amide bonds. The minimum atomic E-state index is -2.45. The van der Waals surface area contributed by atoms with E-state index in [-0.39, 0.29) is 60.2 Å². The number of carbonyl (C=O) groups is 9. The van der Waals surface area contributed by atoms with Gasteiger partial charge in [-0.1, -0.05) is 106 Å². The van der Waals surface area contributed by atoms with Gasteiger partial charge >= 0.3 is 5.97 Å². The summed E-state index contributed by atoms with van der Waals surface area (Å²) < 4.78 is 44.5. The molecule has 41 heteroatoms. The molecular formula is C88H101Cl3N10O28. The summed E-state index contributed by atoms with van der Waals surface area (Å²) in [6.07, 6.45) is -15.8. The summed E-state index contributed by atoms with van der Waals surface area (Å²) in [5.41, 5.74) is -2.68. The number of halogens is 3. The lowest BCUT2D eigenvalue weighted by molar-refractivity contribution is -0.277. The van der Waals surface area contributed by atoms with Crippen LogP contribution in [0, 0.1) is 5.92 Å². The highest BCUT2D eigenvalue weighted by Crippen LogP contribution is 2.51. The molecule has 18 atom stereocenters. The number of aliphatic hydroxyl groups is 7.